The summed E-state index contributed by atoms with van der Waals surface area (Å²) in [6.45, 7) is 1.45. The van der Waals surface area contributed by atoms with E-state index in [4.69, 9.17) is 0 Å². The molecule has 2 saturated carbocycles. The lowest BCUT2D eigenvalue weighted by atomic mass is 9.85. The zero-order chi connectivity index (χ0) is 16.4. The maximum absolute atomic E-state index is 12.2. The molecule has 24 heavy (non-hydrogen) atoms. The molecule has 0 bridgehead atoms. The Morgan fingerprint density at radius 1 is 1.08 bits per heavy atom. The van der Waals surface area contributed by atoms with E-state index in [9.17, 15) is 4.79 Å². The Morgan fingerprint density at radius 3 is 2.79 bits per heavy atom. The van der Waals surface area contributed by atoms with E-state index < -0.39 is 0 Å². The lowest BCUT2D eigenvalue weighted by molar-refractivity contribution is 0.237. The molecule has 132 valence electrons. The number of amides is 2. The molecule has 0 spiro atoms. The third-order valence-electron chi connectivity index (χ3n) is 6.00. The highest BCUT2D eigenvalue weighted by atomic mass is 16.2. The number of rotatable bonds is 4. The Kier molecular flexibility index (Phi) is 4.72. The average molecular weight is 331 g/mol. The van der Waals surface area contributed by atoms with Gasteiger partial charge in [0.1, 0.15) is 5.82 Å². The van der Waals surface area contributed by atoms with Crippen LogP contribution in [-0.4, -0.2) is 26.8 Å². The largest absolute Gasteiger partial charge is 0.335 e. The number of urea groups is 1. The summed E-state index contributed by atoms with van der Waals surface area (Å²) in [6.07, 6.45) is 12.6. The number of fused-ring (bicyclic) bond motifs is 1. The summed E-state index contributed by atoms with van der Waals surface area (Å²) in [6, 6.07) is 0.341. The monoisotopic (exact) mass is 331 g/mol. The van der Waals surface area contributed by atoms with Crippen molar-refractivity contribution in [3.63, 3.8) is 0 Å². The van der Waals surface area contributed by atoms with Gasteiger partial charge in [0.25, 0.3) is 0 Å². The standard InChI is InChI=1S/C18H29N5O/c24-18(20-15-11-14(15)13-7-3-1-4-8-13)19-12-17-22-21-16-9-5-2-6-10-23(16)17/h13-15H,1-12H2,(H2,19,20,24). The van der Waals surface area contributed by atoms with Gasteiger partial charge in [-0.15, -0.1) is 10.2 Å². The maximum Gasteiger partial charge on any atom is 0.315 e. The molecule has 6 nitrogen and oxygen atoms in total. The number of aromatic nitrogens is 3. The number of aryl methyl sites for hydroxylation is 1. The number of nitrogens with zero attached hydrogens (tertiary/aromatic N) is 3. The van der Waals surface area contributed by atoms with Gasteiger partial charge in [-0.05, 0) is 31.1 Å². The first-order valence-electron chi connectivity index (χ1n) is 9.76. The number of carbonyl (C=O) groups is 1. The second kappa shape index (κ2) is 7.11. The molecule has 3 aliphatic rings. The number of carbonyl (C=O) groups excluding carboxylic acids is 1. The van der Waals surface area contributed by atoms with Gasteiger partial charge in [0, 0.05) is 19.0 Å². The van der Waals surface area contributed by atoms with Gasteiger partial charge in [0.15, 0.2) is 5.82 Å². The molecule has 2 N–H and O–H groups in total. The van der Waals surface area contributed by atoms with Crippen LogP contribution in [0.2, 0.25) is 0 Å². The van der Waals surface area contributed by atoms with Crippen LogP contribution in [0.25, 0.3) is 0 Å². The molecule has 0 radical (unpaired) electrons. The maximum atomic E-state index is 12.2. The van der Waals surface area contributed by atoms with E-state index in [1.807, 2.05) is 0 Å². The van der Waals surface area contributed by atoms with E-state index in [2.05, 4.69) is 25.4 Å². The fourth-order valence-electron chi connectivity index (χ4n) is 4.52. The molecular weight excluding hydrogens is 302 g/mol. The molecule has 2 atom stereocenters. The molecule has 2 aliphatic carbocycles. The summed E-state index contributed by atoms with van der Waals surface area (Å²) in [5.41, 5.74) is 0. The second-order valence-corrected chi connectivity index (χ2v) is 7.73. The van der Waals surface area contributed by atoms with Crippen LogP contribution in [-0.2, 0) is 19.5 Å². The fraction of sp³-hybridized carbons (Fsp3) is 0.833. The van der Waals surface area contributed by atoms with Crippen LogP contribution in [0.4, 0.5) is 4.79 Å². The molecule has 2 amide bonds. The Bertz CT molecular complexity index is 578. The van der Waals surface area contributed by atoms with Gasteiger partial charge in [-0.2, -0.15) is 0 Å². The van der Waals surface area contributed by atoms with Gasteiger partial charge in [0.05, 0.1) is 6.54 Å². The van der Waals surface area contributed by atoms with Crippen LogP contribution >= 0.6 is 0 Å². The molecule has 2 heterocycles. The van der Waals surface area contributed by atoms with Crippen LogP contribution in [0.15, 0.2) is 0 Å². The molecule has 2 fully saturated rings. The van der Waals surface area contributed by atoms with Crippen molar-refractivity contribution in [2.75, 3.05) is 0 Å². The minimum absolute atomic E-state index is 0.0516. The second-order valence-electron chi connectivity index (χ2n) is 7.73. The summed E-state index contributed by atoms with van der Waals surface area (Å²) >= 11 is 0. The van der Waals surface area contributed by atoms with Gasteiger partial charge in [0.2, 0.25) is 0 Å². The highest BCUT2D eigenvalue weighted by Crippen LogP contribution is 2.44. The van der Waals surface area contributed by atoms with Crippen LogP contribution < -0.4 is 10.6 Å². The molecule has 2 unspecified atom stereocenters. The predicted molar refractivity (Wildman–Crippen MR) is 91.4 cm³/mol. The topological polar surface area (TPSA) is 71.8 Å². The number of hydrogen-bond donors (Lipinski definition) is 2. The van der Waals surface area contributed by atoms with E-state index in [-0.39, 0.29) is 6.03 Å². The molecule has 0 aromatic carbocycles. The molecular formula is C18H29N5O. The Hall–Kier alpha value is -1.59. The summed E-state index contributed by atoms with van der Waals surface area (Å²) in [7, 11) is 0. The van der Waals surface area contributed by atoms with Crippen molar-refractivity contribution in [1.82, 2.24) is 25.4 Å². The zero-order valence-corrected chi connectivity index (χ0v) is 14.5. The van der Waals surface area contributed by atoms with E-state index in [0.717, 1.165) is 36.5 Å². The molecule has 6 heteroatoms. The minimum Gasteiger partial charge on any atom is -0.335 e. The van der Waals surface area contributed by atoms with Gasteiger partial charge >= 0.3 is 6.03 Å². The first kappa shape index (κ1) is 15.9. The predicted octanol–water partition coefficient (Wildman–Crippen LogP) is 2.77. The van der Waals surface area contributed by atoms with Crippen molar-refractivity contribution >= 4 is 6.03 Å². The molecule has 1 aromatic heterocycles. The summed E-state index contributed by atoms with van der Waals surface area (Å²) < 4.78 is 2.19. The number of nitrogens with one attached hydrogen (secondary N) is 2. The SMILES string of the molecule is O=C(NCc1nnc2n1CCCCC2)NC1CC1C1CCCCC1. The average Bonchev–Trinajstić information content (AvgIpc) is 3.32. The molecule has 4 rings (SSSR count). The Morgan fingerprint density at radius 2 is 1.92 bits per heavy atom. The van der Waals surface area contributed by atoms with E-state index in [1.165, 1.54) is 57.8 Å². The van der Waals surface area contributed by atoms with Gasteiger partial charge in [-0.3, -0.25) is 0 Å². The lowest BCUT2D eigenvalue weighted by Gasteiger charge is -2.21. The normalized spacial score (nSPS) is 27.2. The van der Waals surface area contributed by atoms with Gasteiger partial charge in [-0.1, -0.05) is 38.5 Å². The molecule has 0 saturated heterocycles. The van der Waals surface area contributed by atoms with Gasteiger partial charge < -0.3 is 15.2 Å². The van der Waals surface area contributed by atoms with Crippen LogP contribution in [0, 0.1) is 11.8 Å². The number of hydrogen-bond acceptors (Lipinski definition) is 3. The third kappa shape index (κ3) is 3.57. The fourth-order valence-corrected chi connectivity index (χ4v) is 4.52. The van der Waals surface area contributed by atoms with Gasteiger partial charge in [-0.25, -0.2) is 4.79 Å². The highest BCUT2D eigenvalue weighted by molar-refractivity contribution is 5.74. The van der Waals surface area contributed by atoms with Crippen molar-refractivity contribution < 1.29 is 4.79 Å². The summed E-state index contributed by atoms with van der Waals surface area (Å²) in [5.74, 6) is 3.53. The van der Waals surface area contributed by atoms with Crippen molar-refractivity contribution in [3.8, 4) is 0 Å². The highest BCUT2D eigenvalue weighted by Gasteiger charge is 2.43. The van der Waals surface area contributed by atoms with Crippen LogP contribution in [0.1, 0.15) is 69.4 Å². The molecule has 1 aliphatic heterocycles. The first-order chi connectivity index (χ1) is 11.8. The van der Waals surface area contributed by atoms with Crippen molar-refractivity contribution in [3.05, 3.63) is 11.6 Å². The van der Waals surface area contributed by atoms with Crippen molar-refractivity contribution in [1.29, 1.82) is 0 Å². The van der Waals surface area contributed by atoms with Crippen molar-refractivity contribution in [2.24, 2.45) is 11.8 Å². The summed E-state index contributed by atoms with van der Waals surface area (Å²) in [4.78, 5) is 12.2. The van der Waals surface area contributed by atoms with Crippen LogP contribution in [0.3, 0.4) is 0 Å². The Labute approximate surface area is 143 Å². The van der Waals surface area contributed by atoms with E-state index in [0.29, 0.717) is 12.6 Å². The van der Waals surface area contributed by atoms with E-state index in [1.54, 1.807) is 0 Å². The van der Waals surface area contributed by atoms with Crippen molar-refractivity contribution in [2.45, 2.75) is 83.3 Å². The first-order valence-corrected chi connectivity index (χ1v) is 9.76. The van der Waals surface area contributed by atoms with E-state index >= 15 is 0 Å². The lowest BCUT2D eigenvalue weighted by Crippen LogP contribution is -2.38. The smallest absolute Gasteiger partial charge is 0.315 e. The Balaban J connectivity index is 1.24. The quantitative estimate of drug-likeness (QED) is 0.891. The third-order valence-corrected chi connectivity index (χ3v) is 6.00. The summed E-state index contributed by atoms with van der Waals surface area (Å²) in [5, 5.41) is 14.7. The molecule has 1 aromatic rings. The zero-order valence-electron chi connectivity index (χ0n) is 14.5. The van der Waals surface area contributed by atoms with Crippen LogP contribution in [0.5, 0.6) is 0 Å². The minimum atomic E-state index is -0.0516.